The molecule has 0 spiro atoms. The molecule has 7 heteroatoms. The lowest BCUT2D eigenvalue weighted by atomic mass is 10.1. The van der Waals surface area contributed by atoms with Crippen LogP contribution in [0.3, 0.4) is 0 Å². The quantitative estimate of drug-likeness (QED) is 0.595. The van der Waals surface area contributed by atoms with E-state index in [0.29, 0.717) is 6.54 Å². The van der Waals surface area contributed by atoms with Crippen LogP contribution in [-0.4, -0.2) is 32.5 Å². The van der Waals surface area contributed by atoms with Gasteiger partial charge in [-0.2, -0.15) is 5.10 Å². The molecule has 1 aromatic carbocycles. The van der Waals surface area contributed by atoms with Crippen LogP contribution >= 0.6 is 0 Å². The lowest BCUT2D eigenvalue weighted by Crippen LogP contribution is -2.32. The summed E-state index contributed by atoms with van der Waals surface area (Å²) in [5.41, 5.74) is 1.06. The Morgan fingerprint density at radius 1 is 1.43 bits per heavy atom. The maximum atomic E-state index is 10.5. The summed E-state index contributed by atoms with van der Waals surface area (Å²) in [4.78, 5) is 10.0. The van der Waals surface area contributed by atoms with Gasteiger partial charge in [0.25, 0.3) is 0 Å². The van der Waals surface area contributed by atoms with E-state index >= 15 is 0 Å². The minimum absolute atomic E-state index is 0.0761. The van der Waals surface area contributed by atoms with Crippen LogP contribution in [0.2, 0.25) is 0 Å². The van der Waals surface area contributed by atoms with E-state index in [0.717, 1.165) is 5.56 Å². The highest BCUT2D eigenvalue weighted by atomic mass is 16.6. The van der Waals surface area contributed by atoms with E-state index in [1.165, 1.54) is 17.1 Å². The molecule has 2 atom stereocenters. The normalized spacial score (nSPS) is 13.8. The van der Waals surface area contributed by atoms with Gasteiger partial charge in [-0.1, -0.05) is 30.3 Å². The van der Waals surface area contributed by atoms with Crippen molar-refractivity contribution in [2.45, 2.75) is 25.6 Å². The van der Waals surface area contributed by atoms with Crippen molar-refractivity contribution in [1.82, 2.24) is 15.1 Å². The van der Waals surface area contributed by atoms with Crippen molar-refractivity contribution in [1.29, 1.82) is 0 Å². The molecule has 0 amide bonds. The van der Waals surface area contributed by atoms with Gasteiger partial charge in [0, 0.05) is 12.6 Å². The summed E-state index contributed by atoms with van der Waals surface area (Å²) >= 11 is 0. The SMILES string of the molecule is C[C@H](NCC(O)Cn1cc([N+](=O)[O-])cn1)c1ccccc1. The van der Waals surface area contributed by atoms with Gasteiger partial charge in [-0.3, -0.25) is 14.8 Å². The molecule has 2 aromatic rings. The molecule has 112 valence electrons. The Hall–Kier alpha value is -2.25. The third kappa shape index (κ3) is 4.37. The van der Waals surface area contributed by atoms with E-state index < -0.39 is 11.0 Å². The van der Waals surface area contributed by atoms with Crippen LogP contribution in [0.25, 0.3) is 0 Å². The van der Waals surface area contributed by atoms with Gasteiger partial charge < -0.3 is 10.4 Å². The van der Waals surface area contributed by atoms with Crippen molar-refractivity contribution < 1.29 is 10.0 Å². The lowest BCUT2D eigenvalue weighted by Gasteiger charge is -2.17. The van der Waals surface area contributed by atoms with Crippen LogP contribution in [0.1, 0.15) is 18.5 Å². The molecular weight excluding hydrogens is 272 g/mol. The van der Waals surface area contributed by atoms with Crippen LogP contribution in [0.5, 0.6) is 0 Å². The number of aliphatic hydroxyl groups excluding tert-OH is 1. The number of rotatable bonds is 7. The Bertz CT molecular complexity index is 585. The first-order valence-electron chi connectivity index (χ1n) is 6.69. The van der Waals surface area contributed by atoms with Gasteiger partial charge in [-0.15, -0.1) is 0 Å². The predicted molar refractivity (Wildman–Crippen MR) is 77.7 cm³/mol. The fraction of sp³-hybridized carbons (Fsp3) is 0.357. The maximum Gasteiger partial charge on any atom is 0.306 e. The Labute approximate surface area is 122 Å². The molecule has 2 rings (SSSR count). The summed E-state index contributed by atoms with van der Waals surface area (Å²) in [6.07, 6.45) is 1.81. The van der Waals surface area contributed by atoms with Crippen molar-refractivity contribution in [3.63, 3.8) is 0 Å². The molecule has 0 fully saturated rings. The zero-order valence-corrected chi connectivity index (χ0v) is 11.7. The largest absolute Gasteiger partial charge is 0.390 e. The topological polar surface area (TPSA) is 93.2 Å². The molecule has 1 heterocycles. The fourth-order valence-corrected chi connectivity index (χ4v) is 2.00. The van der Waals surface area contributed by atoms with Gasteiger partial charge in [0.1, 0.15) is 12.4 Å². The Kier molecular flexibility index (Phi) is 5.02. The summed E-state index contributed by atoms with van der Waals surface area (Å²) < 4.78 is 1.37. The molecule has 7 nitrogen and oxygen atoms in total. The van der Waals surface area contributed by atoms with Crippen molar-refractivity contribution in [2.24, 2.45) is 0 Å². The molecule has 1 aromatic heterocycles. The zero-order valence-electron chi connectivity index (χ0n) is 11.7. The number of nitro groups is 1. The summed E-state index contributed by atoms with van der Waals surface area (Å²) in [5.74, 6) is 0. The number of benzene rings is 1. The second kappa shape index (κ2) is 6.96. The summed E-state index contributed by atoms with van der Waals surface area (Å²) in [7, 11) is 0. The summed E-state index contributed by atoms with van der Waals surface area (Å²) in [5, 5.41) is 27.6. The molecule has 21 heavy (non-hydrogen) atoms. The second-order valence-electron chi connectivity index (χ2n) is 4.87. The Morgan fingerprint density at radius 3 is 2.76 bits per heavy atom. The van der Waals surface area contributed by atoms with Gasteiger partial charge in [0.2, 0.25) is 0 Å². The number of nitrogens with zero attached hydrogens (tertiary/aromatic N) is 3. The molecule has 1 unspecified atom stereocenters. The first kappa shape index (κ1) is 15.1. The average Bonchev–Trinajstić information content (AvgIpc) is 2.94. The first-order chi connectivity index (χ1) is 10.1. The second-order valence-corrected chi connectivity index (χ2v) is 4.87. The third-order valence-electron chi connectivity index (χ3n) is 3.19. The van der Waals surface area contributed by atoms with E-state index in [1.807, 2.05) is 37.3 Å². The van der Waals surface area contributed by atoms with E-state index in [4.69, 9.17) is 0 Å². The monoisotopic (exact) mass is 290 g/mol. The van der Waals surface area contributed by atoms with Crippen LogP contribution in [-0.2, 0) is 6.54 Å². The molecule has 0 aliphatic carbocycles. The van der Waals surface area contributed by atoms with E-state index in [2.05, 4.69) is 10.4 Å². The molecule has 0 aliphatic rings. The minimum atomic E-state index is -0.671. The summed E-state index contributed by atoms with van der Waals surface area (Å²) in [6.45, 7) is 2.60. The van der Waals surface area contributed by atoms with Gasteiger partial charge >= 0.3 is 5.69 Å². The highest BCUT2D eigenvalue weighted by Crippen LogP contribution is 2.11. The van der Waals surface area contributed by atoms with E-state index in [9.17, 15) is 15.2 Å². The van der Waals surface area contributed by atoms with Crippen LogP contribution < -0.4 is 5.32 Å². The fourth-order valence-electron chi connectivity index (χ4n) is 2.00. The molecule has 2 N–H and O–H groups in total. The van der Waals surface area contributed by atoms with Gasteiger partial charge in [0.05, 0.1) is 17.6 Å². The van der Waals surface area contributed by atoms with E-state index in [1.54, 1.807) is 0 Å². The number of hydrogen-bond donors (Lipinski definition) is 2. The molecule has 0 saturated carbocycles. The van der Waals surface area contributed by atoms with Crippen LogP contribution in [0.15, 0.2) is 42.7 Å². The first-order valence-corrected chi connectivity index (χ1v) is 6.69. The van der Waals surface area contributed by atoms with Crippen molar-refractivity contribution in [2.75, 3.05) is 6.54 Å². The van der Waals surface area contributed by atoms with Gasteiger partial charge in [-0.25, -0.2) is 0 Å². The predicted octanol–water partition coefficient (Wildman–Crippen LogP) is 1.50. The number of aromatic nitrogens is 2. The molecular formula is C14H18N4O3. The van der Waals surface area contributed by atoms with Gasteiger partial charge in [0.15, 0.2) is 0 Å². The zero-order chi connectivity index (χ0) is 15.2. The molecule has 0 aliphatic heterocycles. The minimum Gasteiger partial charge on any atom is -0.390 e. The standard InChI is InChI=1S/C14H18N4O3/c1-11(12-5-3-2-4-6-12)15-8-14(19)10-17-9-13(7-16-17)18(20)21/h2-7,9,11,14-15,19H,8,10H2,1H3/t11-,14?/m0/s1. The molecule has 0 bridgehead atoms. The lowest BCUT2D eigenvalue weighted by molar-refractivity contribution is -0.385. The van der Waals surface area contributed by atoms with Crippen molar-refractivity contribution in [3.8, 4) is 0 Å². The number of nitrogens with one attached hydrogen (secondary N) is 1. The smallest absolute Gasteiger partial charge is 0.306 e. The molecule has 0 radical (unpaired) electrons. The van der Waals surface area contributed by atoms with E-state index in [-0.39, 0.29) is 18.3 Å². The van der Waals surface area contributed by atoms with Crippen LogP contribution in [0.4, 0.5) is 5.69 Å². The molecule has 0 saturated heterocycles. The number of hydrogen-bond acceptors (Lipinski definition) is 5. The number of aliphatic hydroxyl groups is 1. The van der Waals surface area contributed by atoms with Gasteiger partial charge in [-0.05, 0) is 12.5 Å². The van der Waals surface area contributed by atoms with Crippen molar-refractivity contribution in [3.05, 3.63) is 58.4 Å². The third-order valence-corrected chi connectivity index (χ3v) is 3.19. The average molecular weight is 290 g/mol. The van der Waals surface area contributed by atoms with Crippen LogP contribution in [0, 0.1) is 10.1 Å². The van der Waals surface area contributed by atoms with Crippen molar-refractivity contribution >= 4 is 5.69 Å². The highest BCUT2D eigenvalue weighted by Gasteiger charge is 2.13. The maximum absolute atomic E-state index is 10.5. The Balaban J connectivity index is 1.81. The highest BCUT2D eigenvalue weighted by molar-refractivity contribution is 5.20. The Morgan fingerprint density at radius 2 is 2.14 bits per heavy atom. The summed E-state index contributed by atoms with van der Waals surface area (Å²) in [6, 6.07) is 10.0.